The Kier molecular flexibility index (Phi) is 6.22. The summed E-state index contributed by atoms with van der Waals surface area (Å²) in [6.07, 6.45) is 1.54. The van der Waals surface area contributed by atoms with Crippen molar-refractivity contribution in [3.05, 3.63) is 18.3 Å². The zero-order valence-electron chi connectivity index (χ0n) is 9.68. The summed E-state index contributed by atoms with van der Waals surface area (Å²) in [6.45, 7) is 5.18. The molecule has 0 aliphatic carbocycles. The van der Waals surface area contributed by atoms with Gasteiger partial charge in [0, 0.05) is 19.4 Å². The average molecular weight is 242 g/mol. The van der Waals surface area contributed by atoms with Crippen LogP contribution in [0.3, 0.4) is 0 Å². The van der Waals surface area contributed by atoms with Crippen LogP contribution in [-0.4, -0.2) is 30.2 Å². The highest BCUT2D eigenvalue weighted by Crippen LogP contribution is 2.23. The van der Waals surface area contributed by atoms with Gasteiger partial charge in [0.25, 0.3) is 0 Å². The molecule has 16 heavy (non-hydrogen) atoms. The maximum absolute atomic E-state index is 5.79. The third-order valence-electron chi connectivity index (χ3n) is 1.86. The lowest BCUT2D eigenvalue weighted by Crippen LogP contribution is -2.20. The van der Waals surface area contributed by atoms with Crippen LogP contribution in [0.2, 0.25) is 0 Å². The van der Waals surface area contributed by atoms with Gasteiger partial charge in [0.15, 0.2) is 6.29 Å². The molecule has 0 saturated heterocycles. The molecule has 1 heterocycles. The van der Waals surface area contributed by atoms with Crippen LogP contribution in [0, 0.1) is 0 Å². The molecule has 0 unspecified atom stereocenters. The Morgan fingerprint density at radius 3 is 2.62 bits per heavy atom. The number of nitrogens with zero attached hydrogens (tertiary/aromatic N) is 1. The first kappa shape index (κ1) is 13.3. The Hall–Kier alpha value is -0.780. The van der Waals surface area contributed by atoms with E-state index < -0.39 is 0 Å². The van der Waals surface area contributed by atoms with Crippen LogP contribution in [0.4, 0.5) is 5.69 Å². The number of nitrogen functional groups attached to an aromatic ring is 1. The first-order chi connectivity index (χ1) is 7.77. The zero-order chi connectivity index (χ0) is 11.8. The smallest absolute Gasteiger partial charge is 0.166 e. The minimum Gasteiger partial charge on any atom is -0.397 e. The van der Waals surface area contributed by atoms with Gasteiger partial charge in [-0.25, -0.2) is 4.98 Å². The molecule has 1 aromatic rings. The van der Waals surface area contributed by atoms with Crippen LogP contribution in [-0.2, 0) is 9.47 Å². The molecule has 0 fully saturated rings. The van der Waals surface area contributed by atoms with E-state index in [1.54, 1.807) is 18.0 Å². The topological polar surface area (TPSA) is 57.4 Å². The van der Waals surface area contributed by atoms with E-state index in [2.05, 4.69) is 4.98 Å². The summed E-state index contributed by atoms with van der Waals surface area (Å²) in [4.78, 5) is 4.20. The van der Waals surface area contributed by atoms with Crippen LogP contribution >= 0.6 is 11.8 Å². The van der Waals surface area contributed by atoms with Crippen molar-refractivity contribution in [2.75, 3.05) is 24.7 Å². The highest BCUT2D eigenvalue weighted by Gasteiger charge is 2.10. The summed E-state index contributed by atoms with van der Waals surface area (Å²) in [7, 11) is 0. The Morgan fingerprint density at radius 1 is 1.38 bits per heavy atom. The Bertz CT molecular complexity index is 304. The number of hydrogen-bond donors (Lipinski definition) is 1. The number of hydrogen-bond acceptors (Lipinski definition) is 5. The second kappa shape index (κ2) is 7.49. The monoisotopic (exact) mass is 242 g/mol. The lowest BCUT2D eigenvalue weighted by atomic mass is 10.4. The summed E-state index contributed by atoms with van der Waals surface area (Å²) in [5, 5.41) is 0.826. The van der Waals surface area contributed by atoms with Crippen molar-refractivity contribution in [1.29, 1.82) is 0 Å². The minimum atomic E-state index is -0.193. The van der Waals surface area contributed by atoms with Crippen molar-refractivity contribution < 1.29 is 9.47 Å². The largest absolute Gasteiger partial charge is 0.397 e. The van der Waals surface area contributed by atoms with Gasteiger partial charge in [0.05, 0.1) is 11.4 Å². The zero-order valence-corrected chi connectivity index (χ0v) is 10.5. The fourth-order valence-electron chi connectivity index (χ4n) is 1.19. The van der Waals surface area contributed by atoms with E-state index >= 15 is 0 Å². The number of ether oxygens (including phenoxy) is 2. The molecule has 0 bridgehead atoms. The van der Waals surface area contributed by atoms with Crippen molar-refractivity contribution in [2.45, 2.75) is 25.2 Å². The van der Waals surface area contributed by atoms with Crippen molar-refractivity contribution in [1.82, 2.24) is 4.98 Å². The summed E-state index contributed by atoms with van der Waals surface area (Å²) < 4.78 is 10.9. The first-order valence-electron chi connectivity index (χ1n) is 5.34. The van der Waals surface area contributed by atoms with Gasteiger partial charge in [0.2, 0.25) is 0 Å². The van der Waals surface area contributed by atoms with Crippen LogP contribution in [0.1, 0.15) is 13.8 Å². The Labute approximate surface area is 101 Å². The van der Waals surface area contributed by atoms with E-state index in [0.717, 1.165) is 5.03 Å². The van der Waals surface area contributed by atoms with Crippen LogP contribution in [0.15, 0.2) is 23.4 Å². The van der Waals surface area contributed by atoms with Gasteiger partial charge in [-0.2, -0.15) is 0 Å². The van der Waals surface area contributed by atoms with Crippen LogP contribution < -0.4 is 5.73 Å². The Balaban J connectivity index is 2.45. The van der Waals surface area contributed by atoms with E-state index in [-0.39, 0.29) is 6.29 Å². The highest BCUT2D eigenvalue weighted by atomic mass is 32.2. The van der Waals surface area contributed by atoms with Gasteiger partial charge in [-0.1, -0.05) is 11.8 Å². The van der Waals surface area contributed by atoms with Crippen LogP contribution in [0.25, 0.3) is 0 Å². The molecule has 0 aromatic carbocycles. The number of aromatic nitrogens is 1. The average Bonchev–Trinajstić information content (AvgIpc) is 2.28. The molecule has 5 heteroatoms. The fraction of sp³-hybridized carbons (Fsp3) is 0.545. The summed E-state index contributed by atoms with van der Waals surface area (Å²) in [6, 6.07) is 3.66. The molecule has 0 atom stereocenters. The second-order valence-electron chi connectivity index (χ2n) is 3.05. The van der Waals surface area contributed by atoms with Crippen molar-refractivity contribution in [3.63, 3.8) is 0 Å². The highest BCUT2D eigenvalue weighted by molar-refractivity contribution is 7.99. The third kappa shape index (κ3) is 4.38. The molecule has 0 spiro atoms. The normalized spacial score (nSPS) is 10.9. The van der Waals surface area contributed by atoms with E-state index in [4.69, 9.17) is 15.2 Å². The van der Waals surface area contributed by atoms with E-state index in [1.165, 1.54) is 0 Å². The van der Waals surface area contributed by atoms with Gasteiger partial charge in [-0.15, -0.1) is 0 Å². The van der Waals surface area contributed by atoms with Gasteiger partial charge in [-0.05, 0) is 26.0 Å². The predicted molar refractivity (Wildman–Crippen MR) is 66.4 cm³/mol. The molecule has 2 N–H and O–H groups in total. The molecular formula is C11H18N2O2S. The SMILES string of the molecule is CCOC(CSc1ncccc1N)OCC. The summed E-state index contributed by atoms with van der Waals surface area (Å²) in [5.74, 6) is 0.697. The standard InChI is InChI=1S/C11H18N2O2S/c1-3-14-10(15-4-2)8-16-11-9(12)6-5-7-13-11/h5-7,10H,3-4,8,12H2,1-2H3. The third-order valence-corrected chi connectivity index (χ3v) is 2.92. The fourth-order valence-corrected chi connectivity index (χ4v) is 2.04. The van der Waals surface area contributed by atoms with E-state index in [9.17, 15) is 0 Å². The molecule has 0 saturated carbocycles. The van der Waals surface area contributed by atoms with Gasteiger partial charge < -0.3 is 15.2 Å². The summed E-state index contributed by atoms with van der Waals surface area (Å²) >= 11 is 1.55. The number of rotatable bonds is 7. The molecule has 0 amide bonds. The van der Waals surface area contributed by atoms with Crippen molar-refractivity contribution >= 4 is 17.4 Å². The minimum absolute atomic E-state index is 0.193. The number of nitrogens with two attached hydrogens (primary N) is 1. The van der Waals surface area contributed by atoms with E-state index in [1.807, 2.05) is 26.0 Å². The predicted octanol–water partition coefficient (Wildman–Crippen LogP) is 2.16. The lowest BCUT2D eigenvalue weighted by Gasteiger charge is -2.16. The van der Waals surface area contributed by atoms with Crippen LogP contribution in [0.5, 0.6) is 0 Å². The Morgan fingerprint density at radius 2 is 2.06 bits per heavy atom. The van der Waals surface area contributed by atoms with Crippen molar-refractivity contribution in [3.8, 4) is 0 Å². The molecule has 0 aliphatic heterocycles. The maximum Gasteiger partial charge on any atom is 0.166 e. The number of pyridine rings is 1. The molecule has 0 radical (unpaired) electrons. The van der Waals surface area contributed by atoms with Gasteiger partial charge in [-0.3, -0.25) is 0 Å². The molecule has 1 aromatic heterocycles. The number of thioether (sulfide) groups is 1. The molecule has 0 aliphatic rings. The van der Waals surface area contributed by atoms with Gasteiger partial charge >= 0.3 is 0 Å². The summed E-state index contributed by atoms with van der Waals surface area (Å²) in [5.41, 5.74) is 6.48. The molecule has 4 nitrogen and oxygen atoms in total. The lowest BCUT2D eigenvalue weighted by molar-refractivity contribution is -0.120. The maximum atomic E-state index is 5.79. The van der Waals surface area contributed by atoms with E-state index in [0.29, 0.717) is 24.7 Å². The molecular weight excluding hydrogens is 224 g/mol. The molecule has 90 valence electrons. The van der Waals surface area contributed by atoms with Crippen molar-refractivity contribution in [2.24, 2.45) is 0 Å². The molecule has 1 rings (SSSR count). The first-order valence-corrected chi connectivity index (χ1v) is 6.33. The van der Waals surface area contributed by atoms with Gasteiger partial charge in [0.1, 0.15) is 5.03 Å². The second-order valence-corrected chi connectivity index (χ2v) is 4.06. The quantitative estimate of drug-likeness (QED) is 0.586. The number of anilines is 1.